The predicted molar refractivity (Wildman–Crippen MR) is 93.0 cm³/mol. The minimum absolute atomic E-state index is 0.00976. The Morgan fingerprint density at radius 1 is 1.27 bits per heavy atom. The average molecular weight is 353 g/mol. The van der Waals surface area contributed by atoms with Gasteiger partial charge in [-0.1, -0.05) is 18.2 Å². The fourth-order valence-electron chi connectivity index (χ4n) is 3.34. The maximum atomic E-state index is 12.7. The molecule has 1 amide bonds. The molecule has 4 rings (SSSR count). The summed E-state index contributed by atoms with van der Waals surface area (Å²) in [6.07, 6.45) is 3.36. The van der Waals surface area contributed by atoms with Gasteiger partial charge in [0, 0.05) is 18.2 Å². The van der Waals surface area contributed by atoms with Gasteiger partial charge < -0.3 is 14.4 Å². The molecule has 134 valence electrons. The number of fused-ring (bicyclic) bond motifs is 1. The lowest BCUT2D eigenvalue weighted by Crippen LogP contribution is -2.34. The molecular weight excluding hydrogens is 334 g/mol. The molecule has 0 saturated carbocycles. The van der Waals surface area contributed by atoms with Gasteiger partial charge >= 0.3 is 0 Å². The Hall–Kier alpha value is -3.16. The van der Waals surface area contributed by atoms with E-state index in [1.54, 1.807) is 19.2 Å². The summed E-state index contributed by atoms with van der Waals surface area (Å²) in [6, 6.07) is 11.3. The molecular formula is C18H19N5O3. The third-order valence-corrected chi connectivity index (χ3v) is 4.55. The molecule has 0 N–H and O–H groups in total. The standard InChI is InChI=1S/C18H19N5O3/c1-25-15-7-3-2-5-13(15)14-6-4-10-22(14)18(24)11-26-17-9-8-16-20-19-12-23(16)21-17/h2-3,5,7-9,12,14H,4,6,10-11H2,1H3/t14-/m1/s1. The summed E-state index contributed by atoms with van der Waals surface area (Å²) in [6.45, 7) is 0.648. The van der Waals surface area contributed by atoms with Gasteiger partial charge in [-0.15, -0.1) is 15.3 Å². The van der Waals surface area contributed by atoms with Crippen LogP contribution in [0.4, 0.5) is 0 Å². The summed E-state index contributed by atoms with van der Waals surface area (Å²) in [4.78, 5) is 14.6. The van der Waals surface area contributed by atoms with Crippen LogP contribution in [-0.4, -0.2) is 50.9 Å². The fraction of sp³-hybridized carbons (Fsp3) is 0.333. The van der Waals surface area contributed by atoms with Gasteiger partial charge in [0.25, 0.3) is 5.91 Å². The number of hydrogen-bond donors (Lipinski definition) is 0. The summed E-state index contributed by atoms with van der Waals surface area (Å²) < 4.78 is 12.6. The molecule has 0 aliphatic carbocycles. The first kappa shape index (κ1) is 16.3. The Balaban J connectivity index is 1.46. The Morgan fingerprint density at radius 2 is 2.15 bits per heavy atom. The van der Waals surface area contributed by atoms with Crippen LogP contribution in [0.5, 0.6) is 11.6 Å². The molecule has 0 spiro atoms. The number of likely N-dealkylation sites (tertiary alicyclic amines) is 1. The zero-order valence-corrected chi connectivity index (χ0v) is 14.4. The minimum Gasteiger partial charge on any atom is -0.496 e. The number of benzene rings is 1. The van der Waals surface area contributed by atoms with Crippen LogP contribution >= 0.6 is 0 Å². The quantitative estimate of drug-likeness (QED) is 0.696. The lowest BCUT2D eigenvalue weighted by atomic mass is 10.0. The van der Waals surface area contributed by atoms with Crippen LogP contribution < -0.4 is 9.47 Å². The predicted octanol–water partition coefficient (Wildman–Crippen LogP) is 1.88. The Morgan fingerprint density at radius 3 is 3.04 bits per heavy atom. The van der Waals surface area contributed by atoms with Gasteiger partial charge in [0.05, 0.1) is 13.2 Å². The van der Waals surface area contributed by atoms with Gasteiger partial charge in [0.2, 0.25) is 5.88 Å². The first-order valence-electron chi connectivity index (χ1n) is 8.48. The van der Waals surface area contributed by atoms with Crippen molar-refractivity contribution in [1.29, 1.82) is 0 Å². The van der Waals surface area contributed by atoms with Crippen LogP contribution in [0, 0.1) is 0 Å². The van der Waals surface area contributed by atoms with Gasteiger partial charge in [-0.05, 0) is 25.0 Å². The number of hydrogen-bond acceptors (Lipinski definition) is 6. The number of ether oxygens (including phenoxy) is 2. The van der Waals surface area contributed by atoms with Crippen molar-refractivity contribution in [2.75, 3.05) is 20.3 Å². The van der Waals surface area contributed by atoms with E-state index in [1.165, 1.54) is 10.8 Å². The van der Waals surface area contributed by atoms with Crippen molar-refractivity contribution < 1.29 is 14.3 Å². The van der Waals surface area contributed by atoms with Gasteiger partial charge in [-0.25, -0.2) is 0 Å². The molecule has 1 saturated heterocycles. The van der Waals surface area contributed by atoms with E-state index in [9.17, 15) is 4.79 Å². The molecule has 0 bridgehead atoms. The van der Waals surface area contributed by atoms with Crippen LogP contribution in [0.25, 0.3) is 5.65 Å². The Labute approximate surface area is 150 Å². The highest BCUT2D eigenvalue weighted by Crippen LogP contribution is 2.36. The molecule has 1 aliphatic heterocycles. The second-order valence-electron chi connectivity index (χ2n) is 6.08. The summed E-state index contributed by atoms with van der Waals surface area (Å²) in [7, 11) is 1.65. The Kier molecular flexibility index (Phi) is 4.39. The second kappa shape index (κ2) is 6.99. The number of carbonyl (C=O) groups excluding carboxylic acids is 1. The molecule has 3 aromatic rings. The molecule has 2 aromatic heterocycles. The number of nitrogens with zero attached hydrogens (tertiary/aromatic N) is 5. The highest BCUT2D eigenvalue weighted by atomic mass is 16.5. The SMILES string of the molecule is COc1ccccc1[C@H]1CCCN1C(=O)COc1ccc2nncn2n1. The van der Waals surface area contributed by atoms with Crippen LogP contribution in [0.1, 0.15) is 24.4 Å². The lowest BCUT2D eigenvalue weighted by molar-refractivity contribution is -0.134. The number of rotatable bonds is 5. The van der Waals surface area contributed by atoms with Gasteiger partial charge in [-0.2, -0.15) is 4.52 Å². The summed E-state index contributed by atoms with van der Waals surface area (Å²) in [5, 5.41) is 11.9. The van der Waals surface area contributed by atoms with E-state index < -0.39 is 0 Å². The van der Waals surface area contributed by atoms with Crippen LogP contribution in [-0.2, 0) is 4.79 Å². The first-order valence-corrected chi connectivity index (χ1v) is 8.48. The van der Waals surface area contributed by atoms with Crippen molar-refractivity contribution >= 4 is 11.6 Å². The molecule has 26 heavy (non-hydrogen) atoms. The molecule has 1 aromatic carbocycles. The van der Waals surface area contributed by atoms with Crippen molar-refractivity contribution in [2.45, 2.75) is 18.9 Å². The largest absolute Gasteiger partial charge is 0.496 e. The molecule has 1 fully saturated rings. The summed E-state index contributed by atoms with van der Waals surface area (Å²) in [5.41, 5.74) is 1.66. The van der Waals surface area contributed by atoms with Crippen molar-refractivity contribution in [3.05, 3.63) is 48.3 Å². The number of para-hydroxylation sites is 1. The molecule has 1 atom stereocenters. The van der Waals surface area contributed by atoms with E-state index in [0.717, 1.165) is 24.2 Å². The van der Waals surface area contributed by atoms with Crippen molar-refractivity contribution in [3.63, 3.8) is 0 Å². The number of aromatic nitrogens is 4. The number of methoxy groups -OCH3 is 1. The highest BCUT2D eigenvalue weighted by molar-refractivity contribution is 5.78. The fourth-order valence-corrected chi connectivity index (χ4v) is 3.34. The van der Waals surface area contributed by atoms with E-state index in [-0.39, 0.29) is 18.6 Å². The smallest absolute Gasteiger partial charge is 0.261 e. The molecule has 1 aliphatic rings. The lowest BCUT2D eigenvalue weighted by Gasteiger charge is -2.26. The minimum atomic E-state index is -0.0657. The third-order valence-electron chi connectivity index (χ3n) is 4.55. The summed E-state index contributed by atoms with van der Waals surface area (Å²) in [5.74, 6) is 1.10. The van der Waals surface area contributed by atoms with E-state index in [1.807, 2.05) is 29.2 Å². The van der Waals surface area contributed by atoms with E-state index in [4.69, 9.17) is 9.47 Å². The van der Waals surface area contributed by atoms with Gasteiger partial charge in [0.15, 0.2) is 12.3 Å². The van der Waals surface area contributed by atoms with E-state index in [0.29, 0.717) is 18.1 Å². The average Bonchev–Trinajstić information content (AvgIpc) is 3.34. The zero-order chi connectivity index (χ0) is 17.9. The van der Waals surface area contributed by atoms with Crippen LogP contribution in [0.2, 0.25) is 0 Å². The Bertz CT molecular complexity index is 926. The monoisotopic (exact) mass is 353 g/mol. The van der Waals surface area contributed by atoms with Crippen molar-refractivity contribution in [1.82, 2.24) is 24.7 Å². The molecule has 0 radical (unpaired) electrons. The van der Waals surface area contributed by atoms with E-state index >= 15 is 0 Å². The first-order chi connectivity index (χ1) is 12.8. The maximum absolute atomic E-state index is 12.7. The molecule has 3 heterocycles. The zero-order valence-electron chi connectivity index (χ0n) is 14.4. The molecule has 8 nitrogen and oxygen atoms in total. The third kappa shape index (κ3) is 3.05. The molecule has 0 unspecified atom stereocenters. The van der Waals surface area contributed by atoms with E-state index in [2.05, 4.69) is 15.3 Å². The maximum Gasteiger partial charge on any atom is 0.261 e. The van der Waals surface area contributed by atoms with Crippen LogP contribution in [0.3, 0.4) is 0 Å². The van der Waals surface area contributed by atoms with Gasteiger partial charge in [0.1, 0.15) is 12.1 Å². The van der Waals surface area contributed by atoms with Crippen LogP contribution in [0.15, 0.2) is 42.7 Å². The second-order valence-corrected chi connectivity index (χ2v) is 6.08. The summed E-state index contributed by atoms with van der Waals surface area (Å²) >= 11 is 0. The van der Waals surface area contributed by atoms with Crippen molar-refractivity contribution in [2.24, 2.45) is 0 Å². The topological polar surface area (TPSA) is 81.8 Å². The number of carbonyl (C=O) groups is 1. The number of amides is 1. The molecule has 8 heteroatoms. The highest BCUT2D eigenvalue weighted by Gasteiger charge is 2.31. The van der Waals surface area contributed by atoms with Crippen molar-refractivity contribution in [3.8, 4) is 11.6 Å². The normalized spacial score (nSPS) is 16.8. The van der Waals surface area contributed by atoms with Gasteiger partial charge in [-0.3, -0.25) is 4.79 Å².